The van der Waals surface area contributed by atoms with Gasteiger partial charge in [-0.3, -0.25) is 5.32 Å². The van der Waals surface area contributed by atoms with Crippen molar-refractivity contribution in [2.45, 2.75) is 64.0 Å². The highest BCUT2D eigenvalue weighted by atomic mass is 32.2. The topological polar surface area (TPSA) is 64.6 Å². The van der Waals surface area contributed by atoms with E-state index in [1.54, 1.807) is 14.0 Å². The molecule has 0 aliphatic carbocycles. The van der Waals surface area contributed by atoms with Crippen molar-refractivity contribution in [3.63, 3.8) is 0 Å². The normalized spacial score (nSPS) is 20.8. The smallest absolute Gasteiger partial charge is 0.165 e. The van der Waals surface area contributed by atoms with Gasteiger partial charge in [0.25, 0.3) is 0 Å². The lowest BCUT2D eigenvalue weighted by Gasteiger charge is -2.42. The Bertz CT molecular complexity index is 670. The lowest BCUT2D eigenvalue weighted by atomic mass is 9.88. The van der Waals surface area contributed by atoms with Crippen LogP contribution in [-0.4, -0.2) is 38.3 Å². The average Bonchev–Trinajstić information content (AvgIpc) is 2.54. The SMILES string of the molecule is CCCC(NC1Cc2cc(OC)ccc2OC1(C)C)S(=O)(=O)CC. The summed E-state index contributed by atoms with van der Waals surface area (Å²) in [7, 11) is -1.52. The Hall–Kier alpha value is -1.27. The first kappa shape index (κ1) is 19.1. The molecule has 0 spiro atoms. The summed E-state index contributed by atoms with van der Waals surface area (Å²) in [5, 5.41) is 2.83. The van der Waals surface area contributed by atoms with Crippen molar-refractivity contribution in [1.82, 2.24) is 5.32 Å². The average molecular weight is 356 g/mol. The summed E-state index contributed by atoms with van der Waals surface area (Å²) in [6.45, 7) is 7.70. The molecule has 1 heterocycles. The van der Waals surface area contributed by atoms with E-state index < -0.39 is 20.8 Å². The number of fused-ring (bicyclic) bond motifs is 1. The summed E-state index contributed by atoms with van der Waals surface area (Å²) in [5.74, 6) is 1.76. The largest absolute Gasteiger partial charge is 0.497 e. The maximum atomic E-state index is 12.4. The van der Waals surface area contributed by atoms with Gasteiger partial charge in [0.05, 0.1) is 13.2 Å². The van der Waals surface area contributed by atoms with Crippen LogP contribution < -0.4 is 14.8 Å². The molecule has 2 rings (SSSR count). The van der Waals surface area contributed by atoms with Gasteiger partial charge in [0.1, 0.15) is 22.5 Å². The maximum Gasteiger partial charge on any atom is 0.165 e. The number of benzene rings is 1. The third-order valence-corrected chi connectivity index (χ3v) is 6.72. The molecule has 0 amide bonds. The van der Waals surface area contributed by atoms with Gasteiger partial charge in [-0.2, -0.15) is 0 Å². The number of rotatable bonds is 7. The van der Waals surface area contributed by atoms with Gasteiger partial charge in [-0.25, -0.2) is 8.42 Å². The highest BCUT2D eigenvalue weighted by Crippen LogP contribution is 2.35. The van der Waals surface area contributed by atoms with Crippen LogP contribution in [0.5, 0.6) is 11.5 Å². The minimum absolute atomic E-state index is 0.0880. The Morgan fingerprint density at radius 1 is 1.38 bits per heavy atom. The van der Waals surface area contributed by atoms with Gasteiger partial charge < -0.3 is 9.47 Å². The molecule has 1 N–H and O–H groups in total. The van der Waals surface area contributed by atoms with E-state index in [4.69, 9.17) is 9.47 Å². The highest BCUT2D eigenvalue weighted by molar-refractivity contribution is 7.91. The number of hydrogen-bond donors (Lipinski definition) is 1. The molecule has 0 saturated carbocycles. The van der Waals surface area contributed by atoms with Gasteiger partial charge in [-0.1, -0.05) is 20.3 Å². The van der Waals surface area contributed by atoms with Crippen LogP contribution in [0.3, 0.4) is 0 Å². The zero-order valence-electron chi connectivity index (χ0n) is 15.3. The summed E-state index contributed by atoms with van der Waals surface area (Å²) in [5.41, 5.74) is 0.548. The molecule has 136 valence electrons. The first-order chi connectivity index (χ1) is 11.2. The van der Waals surface area contributed by atoms with Crippen LogP contribution in [0.4, 0.5) is 0 Å². The molecule has 1 aliphatic rings. The summed E-state index contributed by atoms with van der Waals surface area (Å²) < 4.78 is 36.2. The second kappa shape index (κ2) is 7.31. The lowest BCUT2D eigenvalue weighted by Crippen LogP contribution is -2.58. The molecule has 0 saturated heterocycles. The van der Waals surface area contributed by atoms with Crippen molar-refractivity contribution in [3.05, 3.63) is 23.8 Å². The predicted molar refractivity (Wildman–Crippen MR) is 96.5 cm³/mol. The molecular weight excluding hydrogens is 326 g/mol. The molecule has 2 unspecified atom stereocenters. The van der Waals surface area contributed by atoms with Crippen LogP contribution in [0.1, 0.15) is 46.1 Å². The molecule has 0 aromatic heterocycles. The molecule has 0 fully saturated rings. The van der Waals surface area contributed by atoms with E-state index in [0.717, 1.165) is 23.5 Å². The third-order valence-electron chi connectivity index (χ3n) is 4.68. The van der Waals surface area contributed by atoms with Crippen LogP contribution in [0, 0.1) is 0 Å². The summed E-state index contributed by atoms with van der Waals surface area (Å²) >= 11 is 0. The van der Waals surface area contributed by atoms with Crippen molar-refractivity contribution < 1.29 is 17.9 Å². The van der Waals surface area contributed by atoms with Crippen LogP contribution in [0.25, 0.3) is 0 Å². The molecular formula is C18H29NO4S. The quantitative estimate of drug-likeness (QED) is 0.815. The Balaban J connectivity index is 2.28. The monoisotopic (exact) mass is 355 g/mol. The second-order valence-electron chi connectivity index (χ2n) is 6.83. The summed E-state index contributed by atoms with van der Waals surface area (Å²) in [6, 6.07) is 5.67. The predicted octanol–water partition coefficient (Wildman–Crippen LogP) is 2.93. The molecule has 0 radical (unpaired) electrons. The Morgan fingerprint density at radius 3 is 2.67 bits per heavy atom. The van der Waals surface area contributed by atoms with Crippen LogP contribution in [0.2, 0.25) is 0 Å². The van der Waals surface area contributed by atoms with Gasteiger partial charge in [-0.05, 0) is 50.5 Å². The number of nitrogens with one attached hydrogen (secondary N) is 1. The molecule has 0 bridgehead atoms. The van der Waals surface area contributed by atoms with Gasteiger partial charge in [0.15, 0.2) is 9.84 Å². The van der Waals surface area contributed by atoms with Crippen LogP contribution in [0.15, 0.2) is 18.2 Å². The molecule has 1 aromatic rings. The molecule has 5 nitrogen and oxygen atoms in total. The zero-order valence-corrected chi connectivity index (χ0v) is 16.1. The van der Waals surface area contributed by atoms with Gasteiger partial charge in [0.2, 0.25) is 0 Å². The molecule has 1 aliphatic heterocycles. The Morgan fingerprint density at radius 2 is 2.08 bits per heavy atom. The standard InChI is InChI=1S/C18H29NO4S/c1-6-8-17(24(20,21)7-2)19-16-12-13-11-14(22-5)9-10-15(13)23-18(16,3)4/h9-11,16-17,19H,6-8,12H2,1-5H3. The molecule has 24 heavy (non-hydrogen) atoms. The Kier molecular flexibility index (Phi) is 5.81. The number of hydrogen-bond acceptors (Lipinski definition) is 5. The fourth-order valence-electron chi connectivity index (χ4n) is 3.08. The summed E-state index contributed by atoms with van der Waals surface area (Å²) in [6.07, 6.45) is 2.13. The van der Waals surface area contributed by atoms with E-state index in [2.05, 4.69) is 5.32 Å². The second-order valence-corrected chi connectivity index (χ2v) is 9.30. The van der Waals surface area contributed by atoms with Crippen molar-refractivity contribution in [3.8, 4) is 11.5 Å². The fourth-order valence-corrected chi connectivity index (χ4v) is 4.44. The summed E-state index contributed by atoms with van der Waals surface area (Å²) in [4.78, 5) is 0. The maximum absolute atomic E-state index is 12.4. The van der Waals surface area contributed by atoms with Crippen LogP contribution >= 0.6 is 0 Å². The molecule has 1 aromatic carbocycles. The van der Waals surface area contributed by atoms with Gasteiger partial charge in [-0.15, -0.1) is 0 Å². The number of sulfone groups is 1. The van der Waals surface area contributed by atoms with E-state index in [0.29, 0.717) is 12.8 Å². The van der Waals surface area contributed by atoms with Gasteiger partial charge >= 0.3 is 0 Å². The van der Waals surface area contributed by atoms with E-state index >= 15 is 0 Å². The van der Waals surface area contributed by atoms with E-state index in [9.17, 15) is 8.42 Å². The van der Waals surface area contributed by atoms with Crippen molar-refractivity contribution in [2.75, 3.05) is 12.9 Å². The number of methoxy groups -OCH3 is 1. The van der Waals surface area contributed by atoms with E-state index in [1.807, 2.05) is 39.0 Å². The minimum atomic E-state index is -3.15. The minimum Gasteiger partial charge on any atom is -0.497 e. The van der Waals surface area contributed by atoms with Crippen molar-refractivity contribution in [1.29, 1.82) is 0 Å². The van der Waals surface area contributed by atoms with E-state index in [-0.39, 0.29) is 11.8 Å². The highest BCUT2D eigenvalue weighted by Gasteiger charge is 2.39. The third kappa shape index (κ3) is 4.03. The first-order valence-corrected chi connectivity index (χ1v) is 10.3. The molecule has 6 heteroatoms. The first-order valence-electron chi connectivity index (χ1n) is 8.57. The van der Waals surface area contributed by atoms with E-state index in [1.165, 1.54) is 0 Å². The zero-order chi connectivity index (χ0) is 18.0. The fraction of sp³-hybridized carbons (Fsp3) is 0.667. The van der Waals surface area contributed by atoms with Crippen molar-refractivity contribution >= 4 is 9.84 Å². The van der Waals surface area contributed by atoms with Crippen LogP contribution in [-0.2, 0) is 16.3 Å². The van der Waals surface area contributed by atoms with Crippen molar-refractivity contribution in [2.24, 2.45) is 0 Å². The number of ether oxygens (including phenoxy) is 2. The molecule has 2 atom stereocenters. The van der Waals surface area contributed by atoms with Gasteiger partial charge in [0, 0.05) is 5.75 Å². The lowest BCUT2D eigenvalue weighted by molar-refractivity contribution is 0.0464. The Labute approximate surface area is 145 Å².